The van der Waals surface area contributed by atoms with E-state index in [0.717, 1.165) is 5.39 Å². The highest BCUT2D eigenvalue weighted by molar-refractivity contribution is 6.09. The maximum Gasteiger partial charge on any atom is 0.259 e. The SMILES string of the molecule is Cl.Nc1cccc(NC(=O)c2ccc3ccccc3c2O)c1. The number of aromatic hydroxyl groups is 1. The summed E-state index contributed by atoms with van der Waals surface area (Å²) >= 11 is 0. The zero-order valence-electron chi connectivity index (χ0n) is 11.6. The molecule has 0 aliphatic rings. The summed E-state index contributed by atoms with van der Waals surface area (Å²) in [5.41, 5.74) is 7.06. The molecule has 0 aliphatic heterocycles. The zero-order chi connectivity index (χ0) is 14.8. The number of nitrogens with one attached hydrogen (secondary N) is 1. The summed E-state index contributed by atoms with van der Waals surface area (Å²) in [6, 6.07) is 17.7. The van der Waals surface area contributed by atoms with Gasteiger partial charge in [0, 0.05) is 16.8 Å². The van der Waals surface area contributed by atoms with Crippen LogP contribution in [0, 0.1) is 0 Å². The molecule has 1 amide bonds. The van der Waals surface area contributed by atoms with E-state index >= 15 is 0 Å². The Morgan fingerprint density at radius 3 is 2.55 bits per heavy atom. The Balaban J connectivity index is 0.00000176. The molecule has 0 aromatic heterocycles. The summed E-state index contributed by atoms with van der Waals surface area (Å²) in [6.45, 7) is 0. The van der Waals surface area contributed by atoms with Crippen molar-refractivity contribution in [1.29, 1.82) is 0 Å². The molecule has 0 spiro atoms. The lowest BCUT2D eigenvalue weighted by Crippen LogP contribution is -2.12. The standard InChI is InChI=1S/C17H14N2O2.ClH/c18-12-5-3-6-13(10-12)19-17(21)15-9-8-11-4-1-2-7-14(11)16(15)20;/h1-10,20H,18H2,(H,19,21);1H. The fraction of sp³-hybridized carbons (Fsp3) is 0. The van der Waals surface area contributed by atoms with Crippen LogP contribution >= 0.6 is 12.4 Å². The van der Waals surface area contributed by atoms with Crippen LogP contribution in [-0.2, 0) is 0 Å². The lowest BCUT2D eigenvalue weighted by molar-refractivity contribution is 0.102. The number of benzene rings is 3. The first-order valence-corrected chi connectivity index (χ1v) is 6.53. The lowest BCUT2D eigenvalue weighted by Gasteiger charge is -2.09. The molecule has 3 rings (SSSR count). The minimum Gasteiger partial charge on any atom is -0.506 e. The van der Waals surface area contributed by atoms with Crippen molar-refractivity contribution in [1.82, 2.24) is 0 Å². The van der Waals surface area contributed by atoms with Crippen LogP contribution in [0.25, 0.3) is 10.8 Å². The Morgan fingerprint density at radius 1 is 1.00 bits per heavy atom. The molecule has 3 aromatic carbocycles. The van der Waals surface area contributed by atoms with Gasteiger partial charge >= 0.3 is 0 Å². The van der Waals surface area contributed by atoms with Gasteiger partial charge in [0.15, 0.2) is 0 Å². The third-order valence-electron chi connectivity index (χ3n) is 3.29. The molecule has 3 aromatic rings. The molecule has 0 saturated carbocycles. The van der Waals surface area contributed by atoms with Crippen molar-refractivity contribution in [3.63, 3.8) is 0 Å². The molecular formula is C17H15ClN2O2. The second-order valence-electron chi connectivity index (χ2n) is 4.76. The maximum atomic E-state index is 12.3. The number of carbonyl (C=O) groups is 1. The molecule has 4 N–H and O–H groups in total. The van der Waals surface area contributed by atoms with Crippen LogP contribution in [0.1, 0.15) is 10.4 Å². The molecule has 0 radical (unpaired) electrons. The van der Waals surface area contributed by atoms with Crippen LogP contribution in [0.2, 0.25) is 0 Å². The van der Waals surface area contributed by atoms with E-state index in [1.807, 2.05) is 24.3 Å². The van der Waals surface area contributed by atoms with Crippen molar-refractivity contribution in [3.05, 3.63) is 66.2 Å². The van der Waals surface area contributed by atoms with Crippen LogP contribution in [0.4, 0.5) is 11.4 Å². The number of anilines is 2. The second-order valence-corrected chi connectivity index (χ2v) is 4.76. The molecule has 0 atom stereocenters. The highest BCUT2D eigenvalue weighted by Gasteiger charge is 2.13. The number of carbonyl (C=O) groups excluding carboxylic acids is 1. The molecule has 0 aliphatic carbocycles. The largest absolute Gasteiger partial charge is 0.506 e. The molecule has 0 unspecified atom stereocenters. The minimum absolute atomic E-state index is 0. The van der Waals surface area contributed by atoms with Crippen LogP contribution in [0.5, 0.6) is 5.75 Å². The first-order valence-electron chi connectivity index (χ1n) is 6.53. The van der Waals surface area contributed by atoms with Gasteiger partial charge in [-0.15, -0.1) is 12.4 Å². The topological polar surface area (TPSA) is 75.3 Å². The third kappa shape index (κ3) is 2.97. The van der Waals surface area contributed by atoms with Crippen molar-refractivity contribution in [3.8, 4) is 5.75 Å². The minimum atomic E-state index is -0.371. The predicted octanol–water partition coefficient (Wildman–Crippen LogP) is 3.80. The molecular weight excluding hydrogens is 300 g/mol. The Labute approximate surface area is 134 Å². The smallest absolute Gasteiger partial charge is 0.259 e. The van der Waals surface area contributed by atoms with Crippen LogP contribution in [0.3, 0.4) is 0 Å². The summed E-state index contributed by atoms with van der Waals surface area (Å²) in [4.78, 5) is 12.3. The maximum absolute atomic E-state index is 12.3. The molecule has 4 nitrogen and oxygen atoms in total. The van der Waals surface area contributed by atoms with Crippen LogP contribution in [0.15, 0.2) is 60.7 Å². The van der Waals surface area contributed by atoms with Gasteiger partial charge in [-0.3, -0.25) is 4.79 Å². The Kier molecular flexibility index (Phi) is 4.53. The Hall–Kier alpha value is -2.72. The average Bonchev–Trinajstić information content (AvgIpc) is 2.48. The van der Waals surface area contributed by atoms with Crippen molar-refractivity contribution in [2.75, 3.05) is 11.1 Å². The van der Waals surface area contributed by atoms with Gasteiger partial charge < -0.3 is 16.2 Å². The first kappa shape index (κ1) is 15.7. The Morgan fingerprint density at radius 2 is 1.77 bits per heavy atom. The normalized spacial score (nSPS) is 10.0. The second kappa shape index (κ2) is 6.37. The van der Waals surface area contributed by atoms with Gasteiger partial charge in [0.1, 0.15) is 5.75 Å². The van der Waals surface area contributed by atoms with E-state index in [4.69, 9.17) is 5.73 Å². The van der Waals surface area contributed by atoms with E-state index in [1.165, 1.54) is 0 Å². The molecule has 0 saturated heterocycles. The number of nitrogen functional groups attached to an aromatic ring is 1. The summed E-state index contributed by atoms with van der Waals surface area (Å²) in [7, 11) is 0. The van der Waals surface area contributed by atoms with Crippen LogP contribution < -0.4 is 11.1 Å². The van der Waals surface area contributed by atoms with E-state index < -0.39 is 0 Å². The summed E-state index contributed by atoms with van der Waals surface area (Å²) in [5.74, 6) is -0.390. The van der Waals surface area contributed by atoms with E-state index in [0.29, 0.717) is 16.8 Å². The Bertz CT molecular complexity index is 834. The van der Waals surface area contributed by atoms with Gasteiger partial charge in [0.25, 0.3) is 5.91 Å². The number of hydrogen-bond donors (Lipinski definition) is 3. The van der Waals surface area contributed by atoms with Gasteiger partial charge in [-0.25, -0.2) is 0 Å². The van der Waals surface area contributed by atoms with E-state index in [2.05, 4.69) is 5.32 Å². The van der Waals surface area contributed by atoms with Gasteiger partial charge in [0.2, 0.25) is 0 Å². The number of phenols is 1. The number of nitrogens with two attached hydrogens (primary N) is 1. The first-order chi connectivity index (χ1) is 10.1. The van der Waals surface area contributed by atoms with Gasteiger partial charge in [-0.05, 0) is 29.7 Å². The number of hydrogen-bond acceptors (Lipinski definition) is 3. The van der Waals surface area contributed by atoms with E-state index in [1.54, 1.807) is 36.4 Å². The van der Waals surface area contributed by atoms with Crippen molar-refractivity contribution < 1.29 is 9.90 Å². The van der Waals surface area contributed by atoms with E-state index in [9.17, 15) is 9.90 Å². The molecule has 22 heavy (non-hydrogen) atoms. The molecule has 112 valence electrons. The van der Waals surface area contributed by atoms with Gasteiger partial charge in [-0.1, -0.05) is 36.4 Å². The quantitative estimate of drug-likeness (QED) is 0.630. The van der Waals surface area contributed by atoms with Crippen molar-refractivity contribution >= 4 is 40.5 Å². The van der Waals surface area contributed by atoms with Gasteiger partial charge in [-0.2, -0.15) is 0 Å². The monoisotopic (exact) mass is 314 g/mol. The summed E-state index contributed by atoms with van der Waals surface area (Å²) in [6.07, 6.45) is 0. The summed E-state index contributed by atoms with van der Waals surface area (Å²) < 4.78 is 0. The molecule has 5 heteroatoms. The highest BCUT2D eigenvalue weighted by Crippen LogP contribution is 2.29. The summed E-state index contributed by atoms with van der Waals surface area (Å²) in [5, 5.41) is 14.5. The number of phenolic OH excluding ortho intramolecular Hbond substituents is 1. The number of amides is 1. The average molecular weight is 315 g/mol. The molecule has 0 bridgehead atoms. The number of fused-ring (bicyclic) bond motifs is 1. The van der Waals surface area contributed by atoms with Crippen LogP contribution in [-0.4, -0.2) is 11.0 Å². The number of halogens is 1. The fourth-order valence-electron chi connectivity index (χ4n) is 2.25. The molecule has 0 fully saturated rings. The third-order valence-corrected chi connectivity index (χ3v) is 3.29. The zero-order valence-corrected chi connectivity index (χ0v) is 12.4. The van der Waals surface area contributed by atoms with E-state index in [-0.39, 0.29) is 29.6 Å². The number of rotatable bonds is 2. The molecule has 0 heterocycles. The van der Waals surface area contributed by atoms with Crippen molar-refractivity contribution in [2.24, 2.45) is 0 Å². The van der Waals surface area contributed by atoms with Gasteiger partial charge in [0.05, 0.1) is 5.56 Å². The lowest BCUT2D eigenvalue weighted by atomic mass is 10.0. The highest BCUT2D eigenvalue weighted by atomic mass is 35.5. The predicted molar refractivity (Wildman–Crippen MR) is 91.7 cm³/mol. The van der Waals surface area contributed by atoms with Crippen molar-refractivity contribution in [2.45, 2.75) is 0 Å². The fourth-order valence-corrected chi connectivity index (χ4v) is 2.25.